The lowest BCUT2D eigenvalue weighted by Gasteiger charge is -2.15. The molecule has 0 radical (unpaired) electrons. The summed E-state index contributed by atoms with van der Waals surface area (Å²) in [5.41, 5.74) is 3.50. The minimum Gasteiger partial charge on any atom is -0.274 e. The van der Waals surface area contributed by atoms with Gasteiger partial charge in [-0.2, -0.15) is 0 Å². The summed E-state index contributed by atoms with van der Waals surface area (Å²) in [4.78, 5) is 21.4. The minimum atomic E-state index is -0.654. The molecule has 0 spiro atoms. The molecule has 9 nitrogen and oxygen atoms in total. The molecule has 0 unspecified atom stereocenters. The van der Waals surface area contributed by atoms with E-state index >= 15 is 0 Å². The van der Waals surface area contributed by atoms with E-state index in [0.717, 1.165) is 16.8 Å². The highest BCUT2D eigenvalue weighted by molar-refractivity contribution is 7.99. The third-order valence-electron chi connectivity index (χ3n) is 4.56. The highest BCUT2D eigenvalue weighted by atomic mass is 32.2. The first kappa shape index (κ1) is 20.5. The quantitative estimate of drug-likeness (QED) is 0.323. The summed E-state index contributed by atoms with van der Waals surface area (Å²) in [7, 11) is 0. The molecular weight excluding hydrogens is 394 g/mol. The van der Waals surface area contributed by atoms with Gasteiger partial charge in [-0.1, -0.05) is 30.0 Å². The van der Waals surface area contributed by atoms with Crippen LogP contribution in [0.15, 0.2) is 47.6 Å². The van der Waals surface area contributed by atoms with Crippen LogP contribution in [0.5, 0.6) is 0 Å². The van der Waals surface area contributed by atoms with Gasteiger partial charge in [-0.3, -0.25) is 24.8 Å². The fraction of sp³-hybridized carbons (Fsp3) is 0.263. The topological polar surface area (TPSA) is 117 Å². The van der Waals surface area contributed by atoms with Crippen LogP contribution in [0.25, 0.3) is 5.69 Å². The first-order valence-corrected chi connectivity index (χ1v) is 9.66. The van der Waals surface area contributed by atoms with Crippen molar-refractivity contribution in [1.82, 2.24) is 14.8 Å². The lowest BCUT2D eigenvalue weighted by atomic mass is 10.1. The van der Waals surface area contributed by atoms with Gasteiger partial charge in [-0.05, 0) is 49.6 Å². The van der Waals surface area contributed by atoms with Crippen molar-refractivity contribution in [2.24, 2.45) is 0 Å². The van der Waals surface area contributed by atoms with Crippen LogP contribution in [0, 0.1) is 41.0 Å². The van der Waals surface area contributed by atoms with E-state index in [2.05, 4.69) is 10.2 Å². The molecule has 0 N–H and O–H groups in total. The molecule has 0 aliphatic heterocycles. The molecule has 3 aromatic rings. The molecule has 2 aromatic carbocycles. The fourth-order valence-electron chi connectivity index (χ4n) is 2.89. The van der Waals surface area contributed by atoms with E-state index in [4.69, 9.17) is 0 Å². The molecule has 0 saturated heterocycles. The molecule has 0 fully saturated rings. The molecule has 0 bridgehead atoms. The Balaban J connectivity index is 2.01. The maximum atomic E-state index is 11.2. The zero-order chi connectivity index (χ0) is 21.1. The lowest BCUT2D eigenvalue weighted by Crippen LogP contribution is -2.11. The number of nitro benzene ring substituents is 1. The van der Waals surface area contributed by atoms with Crippen molar-refractivity contribution in [2.45, 2.75) is 31.2 Å². The van der Waals surface area contributed by atoms with Crippen LogP contribution in [0.4, 0.5) is 5.69 Å². The number of aryl methyl sites for hydroxylation is 3. The van der Waals surface area contributed by atoms with Crippen LogP contribution in [-0.4, -0.2) is 31.2 Å². The van der Waals surface area contributed by atoms with E-state index in [1.807, 2.05) is 43.5 Å². The van der Waals surface area contributed by atoms with Crippen LogP contribution in [-0.2, 0) is 0 Å². The summed E-state index contributed by atoms with van der Waals surface area (Å²) in [5.74, 6) is 0.648. The average Bonchev–Trinajstić information content (AvgIpc) is 3.03. The summed E-state index contributed by atoms with van der Waals surface area (Å²) in [6, 6.07) is 11.8. The Morgan fingerprint density at radius 3 is 2.45 bits per heavy atom. The average molecular weight is 413 g/mol. The molecule has 0 aliphatic rings. The van der Waals surface area contributed by atoms with E-state index in [9.17, 15) is 20.2 Å². The van der Waals surface area contributed by atoms with Crippen LogP contribution in [0.2, 0.25) is 0 Å². The minimum absolute atomic E-state index is 0.108. The lowest BCUT2D eigenvalue weighted by molar-refractivity contribution is -0.479. The van der Waals surface area contributed by atoms with Crippen molar-refractivity contribution in [3.63, 3.8) is 0 Å². The molecular formula is C19H19N5O4S. The smallest absolute Gasteiger partial charge is 0.269 e. The SMILES string of the molecule is Cc1ccc(-n2c(C)nnc2S[C@@H](C[N+](=O)[O-])c2cccc([N+](=O)[O-])c2)cc1C. The number of nitro groups is 2. The number of benzene rings is 2. The Kier molecular flexibility index (Phi) is 5.92. The predicted octanol–water partition coefficient (Wildman–Crippen LogP) is 4.21. The number of non-ortho nitro benzene ring substituents is 1. The maximum absolute atomic E-state index is 11.2. The predicted molar refractivity (Wildman–Crippen MR) is 109 cm³/mol. The van der Waals surface area contributed by atoms with Crippen molar-refractivity contribution in [3.8, 4) is 5.69 Å². The third kappa shape index (κ3) is 4.60. The second-order valence-corrected chi connectivity index (χ2v) is 7.78. The summed E-state index contributed by atoms with van der Waals surface area (Å²) in [6.45, 7) is 5.43. The summed E-state index contributed by atoms with van der Waals surface area (Å²) < 4.78 is 1.83. The number of hydrogen-bond donors (Lipinski definition) is 0. The van der Waals surface area contributed by atoms with Crippen molar-refractivity contribution in [2.75, 3.05) is 6.54 Å². The Hall–Kier alpha value is -3.27. The van der Waals surface area contributed by atoms with Crippen LogP contribution in [0.3, 0.4) is 0 Å². The van der Waals surface area contributed by atoms with Crippen LogP contribution < -0.4 is 0 Å². The number of aromatic nitrogens is 3. The van der Waals surface area contributed by atoms with E-state index in [1.54, 1.807) is 6.07 Å². The van der Waals surface area contributed by atoms with Gasteiger partial charge in [0.05, 0.1) is 4.92 Å². The molecule has 29 heavy (non-hydrogen) atoms. The van der Waals surface area contributed by atoms with Gasteiger partial charge in [0.1, 0.15) is 11.1 Å². The Bertz CT molecular complexity index is 1080. The molecule has 3 rings (SSSR count). The molecule has 1 atom stereocenters. The standard InChI is InChI=1S/C19H19N5O4S/c1-12-7-8-16(9-13(12)2)23-14(3)20-21-19(23)29-18(11-22(25)26)15-5-4-6-17(10-15)24(27)28/h4-10,18H,11H2,1-3H3/t18-/m0/s1. The Morgan fingerprint density at radius 1 is 1.03 bits per heavy atom. The van der Waals surface area contributed by atoms with Crippen molar-refractivity contribution >= 4 is 17.4 Å². The zero-order valence-electron chi connectivity index (χ0n) is 16.1. The van der Waals surface area contributed by atoms with Gasteiger partial charge in [-0.25, -0.2) is 0 Å². The van der Waals surface area contributed by atoms with Gasteiger partial charge in [-0.15, -0.1) is 10.2 Å². The monoisotopic (exact) mass is 413 g/mol. The highest BCUT2D eigenvalue weighted by Gasteiger charge is 2.25. The van der Waals surface area contributed by atoms with E-state index in [0.29, 0.717) is 16.5 Å². The highest BCUT2D eigenvalue weighted by Crippen LogP contribution is 2.37. The van der Waals surface area contributed by atoms with Gasteiger partial charge in [0.15, 0.2) is 5.16 Å². The molecule has 0 amide bonds. The number of hydrogen-bond acceptors (Lipinski definition) is 7. The van der Waals surface area contributed by atoms with Gasteiger partial charge in [0.2, 0.25) is 6.54 Å². The Morgan fingerprint density at radius 2 is 1.79 bits per heavy atom. The van der Waals surface area contributed by atoms with E-state index in [-0.39, 0.29) is 5.69 Å². The van der Waals surface area contributed by atoms with E-state index in [1.165, 1.54) is 30.0 Å². The first-order chi connectivity index (χ1) is 13.8. The number of thioether (sulfide) groups is 1. The normalized spacial score (nSPS) is 12.0. The first-order valence-electron chi connectivity index (χ1n) is 8.78. The summed E-state index contributed by atoms with van der Waals surface area (Å²) in [5, 5.41) is 30.5. The van der Waals surface area contributed by atoms with Gasteiger partial charge in [0, 0.05) is 22.7 Å². The van der Waals surface area contributed by atoms with Crippen molar-refractivity contribution < 1.29 is 9.85 Å². The van der Waals surface area contributed by atoms with E-state index < -0.39 is 21.6 Å². The molecule has 0 saturated carbocycles. The second kappa shape index (κ2) is 8.39. The second-order valence-electron chi connectivity index (χ2n) is 6.61. The van der Waals surface area contributed by atoms with Crippen molar-refractivity contribution in [1.29, 1.82) is 0 Å². The molecule has 0 aliphatic carbocycles. The summed E-state index contributed by atoms with van der Waals surface area (Å²) >= 11 is 1.17. The van der Waals surface area contributed by atoms with Gasteiger partial charge < -0.3 is 0 Å². The fourth-order valence-corrected chi connectivity index (χ4v) is 4.06. The zero-order valence-corrected chi connectivity index (χ0v) is 16.9. The number of rotatable bonds is 7. The molecule has 150 valence electrons. The third-order valence-corrected chi connectivity index (χ3v) is 5.74. The van der Waals surface area contributed by atoms with Gasteiger partial charge >= 0.3 is 0 Å². The largest absolute Gasteiger partial charge is 0.274 e. The Labute approximate surface area is 171 Å². The number of nitrogens with zero attached hydrogens (tertiary/aromatic N) is 5. The molecule has 1 aromatic heterocycles. The summed E-state index contributed by atoms with van der Waals surface area (Å²) in [6.07, 6.45) is 0. The van der Waals surface area contributed by atoms with Crippen molar-refractivity contribution in [3.05, 3.63) is 85.2 Å². The van der Waals surface area contributed by atoms with Crippen LogP contribution >= 0.6 is 11.8 Å². The van der Waals surface area contributed by atoms with Crippen LogP contribution in [0.1, 0.15) is 27.8 Å². The molecule has 10 heteroatoms. The molecule has 1 heterocycles. The van der Waals surface area contributed by atoms with Gasteiger partial charge in [0.25, 0.3) is 5.69 Å². The maximum Gasteiger partial charge on any atom is 0.269 e.